The molecule has 0 radical (unpaired) electrons. The topological polar surface area (TPSA) is 86.9 Å². The molecule has 0 unspecified atom stereocenters. The Kier molecular flexibility index (Phi) is 5.34. The van der Waals surface area contributed by atoms with E-state index in [-0.39, 0.29) is 11.9 Å². The van der Waals surface area contributed by atoms with Gasteiger partial charge in [0.05, 0.1) is 30.2 Å². The number of ether oxygens (including phenoxy) is 1. The predicted octanol–water partition coefficient (Wildman–Crippen LogP) is 4.31. The molecule has 4 rings (SSSR count). The number of hydrogen-bond donors (Lipinski definition) is 2. The number of amides is 1. The van der Waals surface area contributed by atoms with E-state index in [1.165, 1.54) is 0 Å². The van der Waals surface area contributed by atoms with Gasteiger partial charge in [-0.1, -0.05) is 30.3 Å². The summed E-state index contributed by atoms with van der Waals surface area (Å²) >= 11 is 0. The Labute approximate surface area is 174 Å². The van der Waals surface area contributed by atoms with Crippen molar-refractivity contribution in [1.29, 1.82) is 0 Å². The van der Waals surface area contributed by atoms with Crippen molar-refractivity contribution in [2.45, 2.75) is 13.0 Å². The zero-order valence-electron chi connectivity index (χ0n) is 17.1. The minimum absolute atomic E-state index is 0.148. The first-order valence-electron chi connectivity index (χ1n) is 9.64. The van der Waals surface area contributed by atoms with E-state index in [0.29, 0.717) is 11.4 Å². The van der Waals surface area contributed by atoms with E-state index in [1.807, 2.05) is 67.6 Å². The lowest BCUT2D eigenvalue weighted by molar-refractivity contribution is 0.0734. The van der Waals surface area contributed by atoms with Crippen molar-refractivity contribution in [3.8, 4) is 28.3 Å². The molecular weight excluding hydrogens is 378 g/mol. The van der Waals surface area contributed by atoms with Crippen LogP contribution in [0.25, 0.3) is 22.5 Å². The number of hydrogen-bond acceptors (Lipinski definition) is 4. The Morgan fingerprint density at radius 3 is 2.27 bits per heavy atom. The first-order valence-corrected chi connectivity index (χ1v) is 9.64. The second-order valence-corrected chi connectivity index (χ2v) is 7.06. The molecule has 0 saturated heterocycles. The Balaban J connectivity index is 1.49. The number of nitrogens with one attached hydrogen (secondary N) is 2. The van der Waals surface area contributed by atoms with Crippen LogP contribution in [0.4, 0.5) is 0 Å². The maximum Gasteiger partial charge on any atom is 0.272 e. The third-order valence-corrected chi connectivity index (χ3v) is 5.21. The molecule has 2 aromatic heterocycles. The second kappa shape index (κ2) is 8.24. The van der Waals surface area contributed by atoms with Crippen LogP contribution in [-0.2, 0) is 0 Å². The number of benzene rings is 2. The van der Waals surface area contributed by atoms with E-state index in [9.17, 15) is 4.79 Å². The summed E-state index contributed by atoms with van der Waals surface area (Å²) in [6, 6.07) is 21.0. The van der Waals surface area contributed by atoms with Gasteiger partial charge < -0.3 is 9.64 Å². The average Bonchev–Trinajstić information content (AvgIpc) is 3.49. The largest absolute Gasteiger partial charge is 0.497 e. The van der Waals surface area contributed by atoms with E-state index < -0.39 is 0 Å². The molecule has 1 atom stereocenters. The average molecular weight is 401 g/mol. The number of H-pyrrole nitrogens is 2. The highest BCUT2D eigenvalue weighted by atomic mass is 16.5. The van der Waals surface area contributed by atoms with Crippen molar-refractivity contribution >= 4 is 5.91 Å². The Morgan fingerprint density at radius 2 is 1.57 bits per heavy atom. The molecule has 2 N–H and O–H groups in total. The van der Waals surface area contributed by atoms with Gasteiger partial charge in [-0.25, -0.2) is 0 Å². The molecule has 0 aliphatic heterocycles. The highest BCUT2D eigenvalue weighted by Crippen LogP contribution is 2.25. The summed E-state index contributed by atoms with van der Waals surface area (Å²) in [6.45, 7) is 1.96. The molecule has 0 aliphatic carbocycles. The number of aromatic amines is 2. The molecule has 4 aromatic rings. The number of nitrogens with zero attached hydrogens (tertiary/aromatic N) is 3. The van der Waals surface area contributed by atoms with E-state index in [0.717, 1.165) is 28.3 Å². The lowest BCUT2D eigenvalue weighted by atomic mass is 10.1. The molecule has 0 saturated carbocycles. The van der Waals surface area contributed by atoms with Crippen LogP contribution in [0.15, 0.2) is 66.7 Å². The van der Waals surface area contributed by atoms with Crippen molar-refractivity contribution in [3.05, 3.63) is 78.1 Å². The monoisotopic (exact) mass is 401 g/mol. The molecular formula is C23H23N5O2. The normalized spacial score (nSPS) is 11.8. The van der Waals surface area contributed by atoms with Crippen LogP contribution in [0.1, 0.15) is 29.1 Å². The van der Waals surface area contributed by atoms with E-state index in [2.05, 4.69) is 20.4 Å². The van der Waals surface area contributed by atoms with Gasteiger partial charge in [0.2, 0.25) is 0 Å². The molecule has 2 aromatic carbocycles. The van der Waals surface area contributed by atoms with Crippen LogP contribution in [0.3, 0.4) is 0 Å². The zero-order chi connectivity index (χ0) is 21.1. The first kappa shape index (κ1) is 19.4. The van der Waals surface area contributed by atoms with Crippen molar-refractivity contribution in [1.82, 2.24) is 25.3 Å². The van der Waals surface area contributed by atoms with Gasteiger partial charge in [-0.15, -0.1) is 0 Å². The van der Waals surface area contributed by atoms with Crippen LogP contribution in [0.2, 0.25) is 0 Å². The second-order valence-electron chi connectivity index (χ2n) is 7.06. The predicted molar refractivity (Wildman–Crippen MR) is 115 cm³/mol. The van der Waals surface area contributed by atoms with Crippen LogP contribution >= 0.6 is 0 Å². The third kappa shape index (κ3) is 3.82. The van der Waals surface area contributed by atoms with Gasteiger partial charge in [-0.05, 0) is 43.3 Å². The van der Waals surface area contributed by atoms with Crippen LogP contribution in [-0.4, -0.2) is 45.4 Å². The summed E-state index contributed by atoms with van der Waals surface area (Å²) in [5.74, 6) is 0.624. The summed E-state index contributed by atoms with van der Waals surface area (Å²) in [5.41, 5.74) is 4.77. The standard InChI is InChI=1S/C23H23N5O2/c1-15(19-13-20(25-24-19)16-7-5-4-6-8-16)28(2)23(29)22-14-21(26-27-22)17-9-11-18(30-3)12-10-17/h4-15H,1-3H3,(H,24,25)(H,26,27)/t15-/m0/s1. The molecule has 7 heteroatoms. The van der Waals surface area contributed by atoms with Gasteiger partial charge in [0, 0.05) is 18.2 Å². The number of aromatic nitrogens is 4. The Hall–Kier alpha value is -3.87. The van der Waals surface area contributed by atoms with Crippen LogP contribution in [0.5, 0.6) is 5.75 Å². The molecule has 30 heavy (non-hydrogen) atoms. The fraction of sp³-hybridized carbons (Fsp3) is 0.174. The highest BCUT2D eigenvalue weighted by molar-refractivity contribution is 5.93. The van der Waals surface area contributed by atoms with Crippen LogP contribution in [0, 0.1) is 0 Å². The summed E-state index contributed by atoms with van der Waals surface area (Å²) in [7, 11) is 3.39. The van der Waals surface area contributed by atoms with Crippen molar-refractivity contribution < 1.29 is 9.53 Å². The molecule has 152 valence electrons. The SMILES string of the molecule is COc1ccc(-c2cc(C(=O)N(C)[C@@H](C)c3cc(-c4ccccc4)n[nH]3)[nH]n2)cc1. The van der Waals surface area contributed by atoms with Crippen LogP contribution < -0.4 is 4.74 Å². The lowest BCUT2D eigenvalue weighted by Gasteiger charge is -2.23. The molecule has 0 bridgehead atoms. The Bertz CT molecular complexity index is 1130. The van der Waals surface area contributed by atoms with Gasteiger partial charge in [0.25, 0.3) is 5.91 Å². The number of methoxy groups -OCH3 is 1. The van der Waals surface area contributed by atoms with Gasteiger partial charge in [0.1, 0.15) is 11.4 Å². The summed E-state index contributed by atoms with van der Waals surface area (Å²) in [6.07, 6.45) is 0. The van der Waals surface area contributed by atoms with Crippen molar-refractivity contribution in [2.24, 2.45) is 0 Å². The van der Waals surface area contributed by atoms with Crippen molar-refractivity contribution in [3.63, 3.8) is 0 Å². The highest BCUT2D eigenvalue weighted by Gasteiger charge is 2.22. The van der Waals surface area contributed by atoms with Gasteiger partial charge in [-0.2, -0.15) is 10.2 Å². The maximum atomic E-state index is 13.0. The lowest BCUT2D eigenvalue weighted by Crippen LogP contribution is -2.30. The molecule has 0 aliphatic rings. The van der Waals surface area contributed by atoms with Gasteiger partial charge in [-0.3, -0.25) is 15.0 Å². The molecule has 2 heterocycles. The van der Waals surface area contributed by atoms with E-state index in [4.69, 9.17) is 4.74 Å². The summed E-state index contributed by atoms with van der Waals surface area (Å²) < 4.78 is 5.18. The first-order chi connectivity index (χ1) is 14.6. The quantitative estimate of drug-likeness (QED) is 0.504. The third-order valence-electron chi connectivity index (χ3n) is 5.21. The van der Waals surface area contributed by atoms with Gasteiger partial charge in [0.15, 0.2) is 0 Å². The minimum Gasteiger partial charge on any atom is -0.497 e. The fourth-order valence-electron chi connectivity index (χ4n) is 3.22. The van der Waals surface area contributed by atoms with E-state index in [1.54, 1.807) is 25.1 Å². The minimum atomic E-state index is -0.185. The maximum absolute atomic E-state index is 13.0. The number of carbonyl (C=O) groups is 1. The summed E-state index contributed by atoms with van der Waals surface area (Å²) in [5, 5.41) is 14.6. The molecule has 1 amide bonds. The Morgan fingerprint density at radius 1 is 0.933 bits per heavy atom. The summed E-state index contributed by atoms with van der Waals surface area (Å²) in [4.78, 5) is 14.6. The molecule has 7 nitrogen and oxygen atoms in total. The molecule has 0 fully saturated rings. The zero-order valence-corrected chi connectivity index (χ0v) is 17.1. The van der Waals surface area contributed by atoms with Gasteiger partial charge >= 0.3 is 0 Å². The van der Waals surface area contributed by atoms with Crippen molar-refractivity contribution in [2.75, 3.05) is 14.2 Å². The number of carbonyl (C=O) groups excluding carboxylic acids is 1. The number of rotatable bonds is 6. The smallest absolute Gasteiger partial charge is 0.272 e. The van der Waals surface area contributed by atoms with E-state index >= 15 is 0 Å². The fourth-order valence-corrected chi connectivity index (χ4v) is 3.22. The molecule has 0 spiro atoms.